The van der Waals surface area contributed by atoms with Crippen LogP contribution in [-0.2, 0) is 6.42 Å². The summed E-state index contributed by atoms with van der Waals surface area (Å²) in [6.45, 7) is 10.3. The Hall–Kier alpha value is -1.42. The van der Waals surface area contributed by atoms with Crippen LogP contribution in [0.15, 0.2) is 12.1 Å². The minimum absolute atomic E-state index is 0.628. The topological polar surface area (TPSA) is 47.7 Å². The Morgan fingerprint density at radius 1 is 1.15 bits per heavy atom. The van der Waals surface area contributed by atoms with Crippen molar-refractivity contribution in [2.75, 3.05) is 39.1 Å². The molecule has 1 aromatic rings. The minimum atomic E-state index is 0.628. The molecular weight excluding hydrogens is 252 g/mol. The van der Waals surface area contributed by atoms with Crippen molar-refractivity contribution in [1.29, 1.82) is 0 Å². The monoisotopic (exact) mass is 280 g/mol. The highest BCUT2D eigenvalue weighted by atomic mass is 16.5. The van der Waals surface area contributed by atoms with Crippen LogP contribution >= 0.6 is 0 Å². The number of rotatable bonds is 9. The molecule has 0 aromatic heterocycles. The quantitative estimate of drug-likeness (QED) is 0.707. The van der Waals surface area contributed by atoms with Crippen LogP contribution in [-0.4, -0.2) is 38.3 Å². The van der Waals surface area contributed by atoms with Crippen LogP contribution in [0.4, 0.5) is 5.69 Å². The highest BCUT2D eigenvalue weighted by Crippen LogP contribution is 2.34. The summed E-state index contributed by atoms with van der Waals surface area (Å²) in [6, 6.07) is 3.81. The summed E-state index contributed by atoms with van der Waals surface area (Å²) >= 11 is 0. The standard InChI is InChI=1S/C16H28N2O2/c1-5-18(6-2)10-8-9-13-11-14(17)12-15(19-4)16(13)20-7-3/h11-12H,5-10,17H2,1-4H3. The molecule has 1 rings (SSSR count). The molecule has 0 saturated heterocycles. The molecule has 0 radical (unpaired) electrons. The Labute approximate surface area is 122 Å². The lowest BCUT2D eigenvalue weighted by molar-refractivity contribution is 0.294. The van der Waals surface area contributed by atoms with Gasteiger partial charge < -0.3 is 20.1 Å². The van der Waals surface area contributed by atoms with E-state index in [9.17, 15) is 0 Å². The van der Waals surface area contributed by atoms with Crippen LogP contribution in [0.25, 0.3) is 0 Å². The molecule has 0 aliphatic rings. The predicted octanol–water partition coefficient (Wildman–Crippen LogP) is 2.95. The molecule has 1 aromatic carbocycles. The van der Waals surface area contributed by atoms with Gasteiger partial charge in [-0.05, 0) is 45.5 Å². The molecule has 4 nitrogen and oxygen atoms in total. The van der Waals surface area contributed by atoms with Gasteiger partial charge in [0, 0.05) is 17.3 Å². The number of anilines is 1. The van der Waals surface area contributed by atoms with E-state index in [1.807, 2.05) is 19.1 Å². The Morgan fingerprint density at radius 3 is 2.40 bits per heavy atom. The SMILES string of the molecule is CCOc1c(CCCN(CC)CC)cc(N)cc1OC. The third-order valence-electron chi connectivity index (χ3n) is 3.48. The summed E-state index contributed by atoms with van der Waals surface area (Å²) in [6.07, 6.45) is 2.04. The van der Waals surface area contributed by atoms with Crippen LogP contribution in [0.5, 0.6) is 11.5 Å². The number of nitrogens with two attached hydrogens (primary N) is 1. The van der Waals surface area contributed by atoms with Gasteiger partial charge in [0.15, 0.2) is 11.5 Å². The van der Waals surface area contributed by atoms with Gasteiger partial charge in [-0.25, -0.2) is 0 Å². The van der Waals surface area contributed by atoms with E-state index in [0.717, 1.165) is 55.2 Å². The summed E-state index contributed by atoms with van der Waals surface area (Å²) in [5, 5.41) is 0. The van der Waals surface area contributed by atoms with Crippen molar-refractivity contribution in [3.63, 3.8) is 0 Å². The predicted molar refractivity (Wildman–Crippen MR) is 84.7 cm³/mol. The number of hydrogen-bond donors (Lipinski definition) is 1. The van der Waals surface area contributed by atoms with Crippen LogP contribution in [0.3, 0.4) is 0 Å². The van der Waals surface area contributed by atoms with E-state index in [1.165, 1.54) is 0 Å². The number of aryl methyl sites for hydroxylation is 1. The van der Waals surface area contributed by atoms with Crippen LogP contribution in [0.1, 0.15) is 32.8 Å². The summed E-state index contributed by atoms with van der Waals surface area (Å²) in [5.74, 6) is 1.56. The minimum Gasteiger partial charge on any atom is -0.493 e. The van der Waals surface area contributed by atoms with Gasteiger partial charge in [-0.3, -0.25) is 0 Å². The van der Waals surface area contributed by atoms with E-state index >= 15 is 0 Å². The molecule has 0 heterocycles. The molecule has 0 saturated carbocycles. The molecular formula is C16H28N2O2. The molecule has 0 aliphatic heterocycles. The van der Waals surface area contributed by atoms with E-state index in [2.05, 4.69) is 18.7 Å². The number of nitrogens with zero attached hydrogens (tertiary/aromatic N) is 1. The summed E-state index contributed by atoms with van der Waals surface area (Å²) in [5.41, 5.74) is 7.80. The fraction of sp³-hybridized carbons (Fsp3) is 0.625. The summed E-state index contributed by atoms with van der Waals surface area (Å²) in [7, 11) is 1.65. The molecule has 0 fully saturated rings. The number of ether oxygens (including phenoxy) is 2. The average molecular weight is 280 g/mol. The lowest BCUT2D eigenvalue weighted by Crippen LogP contribution is -2.24. The second-order valence-electron chi connectivity index (χ2n) is 4.77. The van der Waals surface area contributed by atoms with Gasteiger partial charge >= 0.3 is 0 Å². The van der Waals surface area contributed by atoms with E-state index in [1.54, 1.807) is 7.11 Å². The highest BCUT2D eigenvalue weighted by molar-refractivity contribution is 5.57. The summed E-state index contributed by atoms with van der Waals surface area (Å²) < 4.78 is 11.1. The molecule has 114 valence electrons. The second kappa shape index (κ2) is 8.69. The van der Waals surface area contributed by atoms with Crippen molar-refractivity contribution in [3.05, 3.63) is 17.7 Å². The van der Waals surface area contributed by atoms with Crippen molar-refractivity contribution in [3.8, 4) is 11.5 Å². The van der Waals surface area contributed by atoms with E-state index in [4.69, 9.17) is 15.2 Å². The van der Waals surface area contributed by atoms with Crippen LogP contribution in [0, 0.1) is 0 Å². The maximum atomic E-state index is 5.94. The van der Waals surface area contributed by atoms with Crippen molar-refractivity contribution in [2.24, 2.45) is 0 Å². The smallest absolute Gasteiger partial charge is 0.164 e. The number of nitrogen functional groups attached to an aromatic ring is 1. The molecule has 0 bridgehead atoms. The third kappa shape index (κ3) is 4.60. The molecule has 2 N–H and O–H groups in total. The number of methoxy groups -OCH3 is 1. The zero-order valence-electron chi connectivity index (χ0n) is 13.2. The maximum Gasteiger partial charge on any atom is 0.164 e. The first-order valence-corrected chi connectivity index (χ1v) is 7.47. The number of benzene rings is 1. The van der Waals surface area contributed by atoms with Crippen LogP contribution < -0.4 is 15.2 Å². The van der Waals surface area contributed by atoms with Crippen molar-refractivity contribution in [2.45, 2.75) is 33.6 Å². The zero-order chi connectivity index (χ0) is 15.0. The molecule has 0 atom stereocenters. The van der Waals surface area contributed by atoms with Gasteiger partial charge in [-0.1, -0.05) is 13.8 Å². The first-order valence-electron chi connectivity index (χ1n) is 7.47. The van der Waals surface area contributed by atoms with Crippen LogP contribution in [0.2, 0.25) is 0 Å². The molecule has 20 heavy (non-hydrogen) atoms. The highest BCUT2D eigenvalue weighted by Gasteiger charge is 2.12. The Morgan fingerprint density at radius 2 is 1.85 bits per heavy atom. The normalized spacial score (nSPS) is 10.8. The van der Waals surface area contributed by atoms with E-state index < -0.39 is 0 Å². The van der Waals surface area contributed by atoms with Gasteiger partial charge in [0.25, 0.3) is 0 Å². The Balaban J connectivity index is 2.79. The Bertz CT molecular complexity index is 404. The fourth-order valence-electron chi connectivity index (χ4n) is 2.36. The molecule has 0 unspecified atom stereocenters. The lowest BCUT2D eigenvalue weighted by atomic mass is 10.1. The first kappa shape index (κ1) is 16.6. The average Bonchev–Trinajstić information content (AvgIpc) is 2.45. The van der Waals surface area contributed by atoms with Gasteiger partial charge in [-0.15, -0.1) is 0 Å². The second-order valence-corrected chi connectivity index (χ2v) is 4.77. The van der Waals surface area contributed by atoms with Crippen molar-refractivity contribution in [1.82, 2.24) is 4.90 Å². The van der Waals surface area contributed by atoms with E-state index in [0.29, 0.717) is 6.61 Å². The fourth-order valence-corrected chi connectivity index (χ4v) is 2.36. The van der Waals surface area contributed by atoms with Gasteiger partial charge in [0.1, 0.15) is 0 Å². The Kier molecular flexibility index (Phi) is 7.23. The van der Waals surface area contributed by atoms with Gasteiger partial charge in [-0.2, -0.15) is 0 Å². The summed E-state index contributed by atoms with van der Waals surface area (Å²) in [4.78, 5) is 2.42. The van der Waals surface area contributed by atoms with Gasteiger partial charge in [0.2, 0.25) is 0 Å². The molecule has 0 amide bonds. The largest absolute Gasteiger partial charge is 0.493 e. The molecule has 0 spiro atoms. The number of hydrogen-bond acceptors (Lipinski definition) is 4. The first-order chi connectivity index (χ1) is 9.65. The van der Waals surface area contributed by atoms with Crippen molar-refractivity contribution < 1.29 is 9.47 Å². The maximum absolute atomic E-state index is 5.94. The lowest BCUT2D eigenvalue weighted by Gasteiger charge is -2.19. The third-order valence-corrected chi connectivity index (χ3v) is 3.48. The van der Waals surface area contributed by atoms with Gasteiger partial charge in [0.05, 0.1) is 13.7 Å². The van der Waals surface area contributed by atoms with E-state index in [-0.39, 0.29) is 0 Å². The zero-order valence-corrected chi connectivity index (χ0v) is 13.2. The molecule has 4 heteroatoms. The molecule has 0 aliphatic carbocycles. The van der Waals surface area contributed by atoms with Crippen molar-refractivity contribution >= 4 is 5.69 Å².